The summed E-state index contributed by atoms with van der Waals surface area (Å²) in [7, 11) is 0. The van der Waals surface area contributed by atoms with Gasteiger partial charge in [0.2, 0.25) is 0 Å². The molecule has 0 radical (unpaired) electrons. The van der Waals surface area contributed by atoms with E-state index in [0.717, 1.165) is 29.8 Å². The normalized spacial score (nSPS) is 18.5. The number of piperidine rings is 1. The molecule has 1 saturated heterocycles. The molecule has 3 N–H and O–H groups in total. The van der Waals surface area contributed by atoms with Crippen molar-refractivity contribution in [3.63, 3.8) is 0 Å². The Labute approximate surface area is 127 Å². The van der Waals surface area contributed by atoms with Crippen LogP contribution in [0.25, 0.3) is 10.4 Å². The van der Waals surface area contributed by atoms with E-state index in [4.69, 9.17) is 5.73 Å². The molecule has 2 aromatic rings. The number of carbonyl (C=O) groups is 1. The van der Waals surface area contributed by atoms with Gasteiger partial charge in [-0.2, -0.15) is 0 Å². The minimum absolute atomic E-state index is 0.0840. The number of nitrogens with one attached hydrogen (secondary N) is 1. The lowest BCUT2D eigenvalue weighted by Crippen LogP contribution is -2.47. The van der Waals surface area contributed by atoms with Crippen molar-refractivity contribution in [2.45, 2.75) is 18.9 Å². The zero-order valence-corrected chi connectivity index (χ0v) is 12.5. The van der Waals surface area contributed by atoms with Crippen molar-refractivity contribution >= 4 is 22.5 Å². The number of nitrogens with two attached hydrogens (primary N) is 1. The summed E-state index contributed by atoms with van der Waals surface area (Å²) < 4.78 is 0. The van der Waals surface area contributed by atoms with Crippen molar-refractivity contribution in [1.82, 2.24) is 9.88 Å². The molecule has 1 aromatic heterocycles. The highest BCUT2D eigenvalue weighted by Gasteiger charge is 2.21. The molecule has 0 saturated carbocycles. The highest BCUT2D eigenvalue weighted by atomic mass is 32.1. The molecule has 1 aliphatic rings. The third-order valence-electron chi connectivity index (χ3n) is 3.52. The molecule has 0 bridgehead atoms. The molecule has 2 heterocycles. The highest BCUT2D eigenvalue weighted by Crippen LogP contribution is 2.28. The van der Waals surface area contributed by atoms with Gasteiger partial charge in [0.1, 0.15) is 0 Å². The van der Waals surface area contributed by atoms with Crippen LogP contribution in [0, 0.1) is 0 Å². The zero-order chi connectivity index (χ0) is 14.7. The van der Waals surface area contributed by atoms with Crippen LogP contribution in [0.4, 0.5) is 9.93 Å². The maximum Gasteiger partial charge on any atom is 0.323 e. The number of nitrogens with zero attached hydrogens (tertiary/aromatic N) is 2. The molecule has 0 spiro atoms. The van der Waals surface area contributed by atoms with E-state index in [2.05, 4.69) is 10.3 Å². The van der Waals surface area contributed by atoms with E-state index in [0.29, 0.717) is 11.7 Å². The molecule has 6 heteroatoms. The summed E-state index contributed by atoms with van der Waals surface area (Å²) in [6.07, 6.45) is 3.73. The number of amides is 2. The lowest BCUT2D eigenvalue weighted by molar-refractivity contribution is 0.193. The third-order valence-corrected chi connectivity index (χ3v) is 4.48. The molecule has 110 valence electrons. The molecule has 5 nitrogen and oxygen atoms in total. The van der Waals surface area contributed by atoms with Crippen molar-refractivity contribution in [3.05, 3.63) is 36.5 Å². The minimum Gasteiger partial charge on any atom is -0.326 e. The number of thiazole rings is 1. The molecule has 1 aromatic carbocycles. The fourth-order valence-electron chi connectivity index (χ4n) is 2.43. The molecule has 1 fully saturated rings. The van der Waals surface area contributed by atoms with Gasteiger partial charge in [-0.05, 0) is 18.4 Å². The number of hydrogen-bond donors (Lipinski definition) is 2. The topological polar surface area (TPSA) is 71.2 Å². The van der Waals surface area contributed by atoms with Crippen LogP contribution in [0.1, 0.15) is 12.8 Å². The monoisotopic (exact) mass is 302 g/mol. The predicted octanol–water partition coefficient (Wildman–Crippen LogP) is 2.77. The first-order valence-electron chi connectivity index (χ1n) is 7.05. The number of likely N-dealkylation sites (tertiary alicyclic amines) is 1. The van der Waals surface area contributed by atoms with Crippen molar-refractivity contribution in [3.8, 4) is 10.4 Å². The maximum absolute atomic E-state index is 12.2. The molecule has 1 atom stereocenters. The number of urea groups is 1. The summed E-state index contributed by atoms with van der Waals surface area (Å²) in [5, 5.41) is 3.48. The predicted molar refractivity (Wildman–Crippen MR) is 85.4 cm³/mol. The Morgan fingerprint density at radius 3 is 2.95 bits per heavy atom. The van der Waals surface area contributed by atoms with Gasteiger partial charge >= 0.3 is 6.03 Å². The van der Waals surface area contributed by atoms with Crippen LogP contribution in [0.3, 0.4) is 0 Å². The molecule has 1 unspecified atom stereocenters. The van der Waals surface area contributed by atoms with E-state index < -0.39 is 0 Å². The largest absolute Gasteiger partial charge is 0.326 e. The number of carbonyl (C=O) groups excluding carboxylic acids is 1. The molecular formula is C15H18N4OS. The van der Waals surface area contributed by atoms with Crippen LogP contribution >= 0.6 is 11.3 Å². The van der Waals surface area contributed by atoms with Crippen LogP contribution in [0.2, 0.25) is 0 Å². The average molecular weight is 302 g/mol. The Morgan fingerprint density at radius 1 is 1.38 bits per heavy atom. The van der Waals surface area contributed by atoms with E-state index in [1.54, 1.807) is 11.1 Å². The summed E-state index contributed by atoms with van der Waals surface area (Å²) in [5.74, 6) is 0. The first-order chi connectivity index (χ1) is 10.2. The first-order valence-corrected chi connectivity index (χ1v) is 7.87. The molecular weight excluding hydrogens is 284 g/mol. The SMILES string of the molecule is NC1CCCN(C(=O)Nc2ncc(-c3ccccc3)s2)C1. The van der Waals surface area contributed by atoms with E-state index in [9.17, 15) is 4.79 Å². The van der Waals surface area contributed by atoms with Gasteiger partial charge in [-0.1, -0.05) is 41.7 Å². The van der Waals surface area contributed by atoms with Gasteiger partial charge in [-0.3, -0.25) is 5.32 Å². The second-order valence-electron chi connectivity index (χ2n) is 5.17. The second-order valence-corrected chi connectivity index (χ2v) is 6.20. The zero-order valence-electron chi connectivity index (χ0n) is 11.7. The van der Waals surface area contributed by atoms with Crippen LogP contribution in [-0.2, 0) is 0 Å². The fourth-order valence-corrected chi connectivity index (χ4v) is 3.24. The molecule has 0 aliphatic carbocycles. The summed E-state index contributed by atoms with van der Waals surface area (Å²) in [5.41, 5.74) is 7.01. The van der Waals surface area contributed by atoms with Crippen molar-refractivity contribution in [1.29, 1.82) is 0 Å². The van der Waals surface area contributed by atoms with Crippen LogP contribution in [0.5, 0.6) is 0 Å². The Morgan fingerprint density at radius 2 is 2.19 bits per heavy atom. The Hall–Kier alpha value is -1.92. The van der Waals surface area contributed by atoms with Gasteiger partial charge in [0, 0.05) is 25.3 Å². The summed E-state index contributed by atoms with van der Waals surface area (Å²) in [4.78, 5) is 19.3. The van der Waals surface area contributed by atoms with Gasteiger partial charge in [0.25, 0.3) is 0 Å². The van der Waals surface area contributed by atoms with E-state index >= 15 is 0 Å². The number of aromatic nitrogens is 1. The number of benzene rings is 1. The Balaban J connectivity index is 1.66. The van der Waals surface area contributed by atoms with Crippen molar-refractivity contribution in [2.75, 3.05) is 18.4 Å². The van der Waals surface area contributed by atoms with Crippen LogP contribution < -0.4 is 11.1 Å². The van der Waals surface area contributed by atoms with Gasteiger partial charge in [0.05, 0.1) is 4.88 Å². The summed E-state index contributed by atoms with van der Waals surface area (Å²) in [6.45, 7) is 1.37. The lowest BCUT2D eigenvalue weighted by Gasteiger charge is -2.30. The van der Waals surface area contributed by atoms with Gasteiger partial charge in [0.15, 0.2) is 5.13 Å². The average Bonchev–Trinajstić information content (AvgIpc) is 2.97. The highest BCUT2D eigenvalue weighted by molar-refractivity contribution is 7.19. The van der Waals surface area contributed by atoms with E-state index in [1.165, 1.54) is 11.3 Å². The van der Waals surface area contributed by atoms with Gasteiger partial charge in [-0.25, -0.2) is 9.78 Å². The Bertz CT molecular complexity index is 613. The molecule has 2 amide bonds. The van der Waals surface area contributed by atoms with Crippen LogP contribution in [0.15, 0.2) is 36.5 Å². The molecule has 1 aliphatic heterocycles. The maximum atomic E-state index is 12.2. The van der Waals surface area contributed by atoms with Crippen molar-refractivity contribution < 1.29 is 4.79 Å². The fraction of sp³-hybridized carbons (Fsp3) is 0.333. The number of rotatable bonds is 2. The minimum atomic E-state index is -0.112. The number of hydrogen-bond acceptors (Lipinski definition) is 4. The smallest absolute Gasteiger partial charge is 0.323 e. The lowest BCUT2D eigenvalue weighted by atomic mass is 10.1. The number of anilines is 1. The molecule has 21 heavy (non-hydrogen) atoms. The van der Waals surface area contributed by atoms with Gasteiger partial charge in [-0.15, -0.1) is 0 Å². The summed E-state index contributed by atoms with van der Waals surface area (Å²) in [6, 6.07) is 9.99. The standard InChI is InChI=1S/C15H18N4OS/c16-12-7-4-8-19(10-12)15(20)18-14-17-9-13(21-14)11-5-2-1-3-6-11/h1-3,5-6,9,12H,4,7-8,10,16H2,(H,17,18,20). The second kappa shape index (κ2) is 6.24. The van der Waals surface area contributed by atoms with Crippen molar-refractivity contribution in [2.24, 2.45) is 5.73 Å². The summed E-state index contributed by atoms with van der Waals surface area (Å²) >= 11 is 1.48. The first kappa shape index (κ1) is 14.0. The van der Waals surface area contributed by atoms with E-state index in [-0.39, 0.29) is 12.1 Å². The van der Waals surface area contributed by atoms with E-state index in [1.807, 2.05) is 30.3 Å². The third kappa shape index (κ3) is 3.40. The van der Waals surface area contributed by atoms with Crippen LogP contribution in [-0.4, -0.2) is 35.0 Å². The quantitative estimate of drug-likeness (QED) is 0.896. The molecule has 3 rings (SSSR count). The van der Waals surface area contributed by atoms with Gasteiger partial charge < -0.3 is 10.6 Å². The Kier molecular flexibility index (Phi) is 4.17.